The maximum Gasteiger partial charge on any atom is 0.337 e. The zero-order valence-corrected chi connectivity index (χ0v) is 14.9. The van der Waals surface area contributed by atoms with E-state index in [1.54, 1.807) is 42.5 Å². The van der Waals surface area contributed by atoms with Crippen molar-refractivity contribution in [3.05, 3.63) is 70.1 Å². The van der Waals surface area contributed by atoms with E-state index in [-0.39, 0.29) is 22.3 Å². The fourth-order valence-corrected chi connectivity index (χ4v) is 3.15. The van der Waals surface area contributed by atoms with Crippen LogP contribution >= 0.6 is 11.8 Å². The topological polar surface area (TPSA) is 108 Å². The molecule has 1 amide bonds. The molecule has 1 heterocycles. The second-order valence-corrected chi connectivity index (χ2v) is 6.43. The molecule has 2 aromatic carbocycles. The van der Waals surface area contributed by atoms with E-state index in [0.717, 1.165) is 17.3 Å². The highest BCUT2D eigenvalue weighted by molar-refractivity contribution is 8.18. The Morgan fingerprint density at radius 2 is 1.85 bits per heavy atom. The predicted octanol–water partition coefficient (Wildman–Crippen LogP) is 1.73. The highest BCUT2D eigenvalue weighted by atomic mass is 32.2. The molecule has 0 unspecified atom stereocenters. The predicted molar refractivity (Wildman–Crippen MR) is 99.4 cm³/mol. The number of aliphatic imine (C=N–C) groups is 1. The molecule has 0 aromatic heterocycles. The number of ether oxygens (including phenoxy) is 1. The van der Waals surface area contributed by atoms with Crippen LogP contribution in [-0.2, 0) is 9.53 Å². The highest BCUT2D eigenvalue weighted by Crippen LogP contribution is 2.29. The molecule has 1 fully saturated rings. The number of thioether (sulfide) groups is 1. The van der Waals surface area contributed by atoms with Crippen molar-refractivity contribution in [2.45, 2.75) is 0 Å². The molecule has 1 aliphatic rings. The number of aromatic carboxylic acids is 1. The number of hydrogen-bond donors (Lipinski definition) is 1. The number of para-hydroxylation sites is 1. The van der Waals surface area contributed by atoms with Crippen molar-refractivity contribution in [3.63, 3.8) is 0 Å². The Labute approximate surface area is 158 Å². The first-order valence-electron chi connectivity index (χ1n) is 7.76. The van der Waals surface area contributed by atoms with E-state index in [9.17, 15) is 19.5 Å². The van der Waals surface area contributed by atoms with Crippen LogP contribution in [0, 0.1) is 0 Å². The number of carboxylic acids is 1. The molecule has 8 heteroatoms. The van der Waals surface area contributed by atoms with Crippen molar-refractivity contribution < 1.29 is 24.2 Å². The number of esters is 1. The van der Waals surface area contributed by atoms with Gasteiger partial charge in [-0.3, -0.25) is 4.79 Å². The summed E-state index contributed by atoms with van der Waals surface area (Å²) in [7, 11) is 1.30. The minimum atomic E-state index is -1.34. The summed E-state index contributed by atoms with van der Waals surface area (Å²) in [6, 6.07) is 12.7. The van der Waals surface area contributed by atoms with Gasteiger partial charge in [0.05, 0.1) is 29.2 Å². The van der Waals surface area contributed by atoms with Crippen LogP contribution in [0.5, 0.6) is 0 Å². The van der Waals surface area contributed by atoms with Crippen LogP contribution in [0.3, 0.4) is 0 Å². The van der Waals surface area contributed by atoms with Crippen LogP contribution < -0.4 is 10.4 Å². The van der Waals surface area contributed by atoms with Gasteiger partial charge in [0.1, 0.15) is 0 Å². The lowest BCUT2D eigenvalue weighted by Crippen LogP contribution is -2.23. The number of methoxy groups -OCH3 is 1. The number of rotatable bonds is 4. The molecule has 0 spiro atoms. The van der Waals surface area contributed by atoms with E-state index >= 15 is 0 Å². The van der Waals surface area contributed by atoms with Crippen molar-refractivity contribution in [1.29, 1.82) is 0 Å². The first kappa shape index (κ1) is 18.4. The number of nitrogens with zero attached hydrogens (tertiary/aromatic N) is 1. The zero-order chi connectivity index (χ0) is 19.4. The van der Waals surface area contributed by atoms with Crippen molar-refractivity contribution in [2.24, 2.45) is 4.99 Å². The highest BCUT2D eigenvalue weighted by Gasteiger charge is 2.24. The number of hydrogen-bond acceptors (Lipinski definition) is 7. The maximum absolute atomic E-state index is 12.1. The summed E-state index contributed by atoms with van der Waals surface area (Å²) in [5.41, 5.74) is 1.26. The van der Waals surface area contributed by atoms with Gasteiger partial charge in [-0.1, -0.05) is 30.3 Å². The number of carbonyl (C=O) groups is 3. The fourth-order valence-electron chi connectivity index (χ4n) is 2.32. The van der Waals surface area contributed by atoms with E-state index in [1.807, 2.05) is 0 Å². The molecule has 0 saturated carbocycles. The minimum absolute atomic E-state index is 0.0596. The van der Waals surface area contributed by atoms with Gasteiger partial charge in [0.15, 0.2) is 5.17 Å². The van der Waals surface area contributed by atoms with Gasteiger partial charge in [0, 0.05) is 5.56 Å². The van der Waals surface area contributed by atoms with Gasteiger partial charge >= 0.3 is 5.97 Å². The monoisotopic (exact) mass is 381 g/mol. The number of benzene rings is 2. The number of carbonyl (C=O) groups excluding carboxylic acids is 3. The molecule has 3 rings (SSSR count). The van der Waals surface area contributed by atoms with Crippen LogP contribution in [0.25, 0.3) is 6.08 Å². The van der Waals surface area contributed by atoms with Crippen molar-refractivity contribution in [1.82, 2.24) is 5.32 Å². The van der Waals surface area contributed by atoms with Crippen LogP contribution in [0.4, 0.5) is 5.69 Å². The number of nitrogens with one attached hydrogen (secondary N) is 1. The Kier molecular flexibility index (Phi) is 5.37. The van der Waals surface area contributed by atoms with Gasteiger partial charge in [0.2, 0.25) is 0 Å². The van der Waals surface area contributed by atoms with E-state index in [2.05, 4.69) is 15.0 Å². The Morgan fingerprint density at radius 1 is 1.15 bits per heavy atom. The van der Waals surface area contributed by atoms with Crippen LogP contribution in [0.15, 0.2) is 58.4 Å². The van der Waals surface area contributed by atoms with Gasteiger partial charge in [0.25, 0.3) is 5.91 Å². The van der Waals surface area contributed by atoms with Gasteiger partial charge in [-0.15, -0.1) is 0 Å². The lowest BCUT2D eigenvalue weighted by Gasteiger charge is -2.06. The third-order valence-electron chi connectivity index (χ3n) is 3.63. The Hall–Kier alpha value is -3.39. The third kappa shape index (κ3) is 4.24. The Morgan fingerprint density at radius 3 is 2.52 bits per heavy atom. The lowest BCUT2D eigenvalue weighted by molar-refractivity contribution is -0.254. The molecule has 2 aromatic rings. The van der Waals surface area contributed by atoms with Crippen molar-refractivity contribution >= 4 is 46.5 Å². The van der Waals surface area contributed by atoms with Gasteiger partial charge in [-0.05, 0) is 41.6 Å². The molecule has 1 saturated heterocycles. The van der Waals surface area contributed by atoms with Gasteiger partial charge in [-0.25, -0.2) is 9.79 Å². The molecule has 27 heavy (non-hydrogen) atoms. The second-order valence-electron chi connectivity index (χ2n) is 5.40. The first-order valence-corrected chi connectivity index (χ1v) is 8.58. The SMILES string of the molecule is COC(=O)c1ccc(/C=C2\SC(=Nc3ccccc3C(=O)[O-])NC2=O)cc1. The normalized spacial score (nSPS) is 16.4. The molecule has 0 atom stereocenters. The van der Waals surface area contributed by atoms with Crippen LogP contribution in [-0.4, -0.2) is 30.1 Å². The maximum atomic E-state index is 12.1. The molecule has 7 nitrogen and oxygen atoms in total. The summed E-state index contributed by atoms with van der Waals surface area (Å²) in [5.74, 6) is -2.13. The van der Waals surface area contributed by atoms with E-state index in [4.69, 9.17) is 0 Å². The molecule has 0 aliphatic carbocycles. The van der Waals surface area contributed by atoms with Crippen molar-refractivity contribution in [2.75, 3.05) is 7.11 Å². The molecular formula is C19H13N2O5S-. The zero-order valence-electron chi connectivity index (χ0n) is 14.1. The largest absolute Gasteiger partial charge is 0.545 e. The number of amides is 1. The standard InChI is InChI=1S/C19H14N2O5S/c1-26-18(25)12-8-6-11(7-9-12)10-15-16(22)21-19(27-15)20-14-5-3-2-4-13(14)17(23)24/h2-10H,1H3,(H,23,24)(H,20,21,22)/p-1/b15-10-. The van der Waals surface area contributed by atoms with E-state index < -0.39 is 11.9 Å². The van der Waals surface area contributed by atoms with Gasteiger partial charge in [-0.2, -0.15) is 0 Å². The molecule has 0 bridgehead atoms. The molecule has 136 valence electrons. The summed E-state index contributed by atoms with van der Waals surface area (Å²) >= 11 is 1.09. The van der Waals surface area contributed by atoms with Crippen LogP contribution in [0.1, 0.15) is 26.3 Å². The molecule has 1 aliphatic heterocycles. The minimum Gasteiger partial charge on any atom is -0.545 e. The summed E-state index contributed by atoms with van der Waals surface area (Å²) in [6.07, 6.45) is 1.65. The third-order valence-corrected chi connectivity index (χ3v) is 4.54. The van der Waals surface area contributed by atoms with Crippen molar-refractivity contribution in [3.8, 4) is 0 Å². The lowest BCUT2D eigenvalue weighted by atomic mass is 10.1. The summed E-state index contributed by atoms with van der Waals surface area (Å²) in [6.45, 7) is 0. The second kappa shape index (κ2) is 7.88. The first-order chi connectivity index (χ1) is 13.0. The van der Waals surface area contributed by atoms with Gasteiger partial charge < -0.3 is 20.0 Å². The molecule has 1 N–H and O–H groups in total. The fraction of sp³-hybridized carbons (Fsp3) is 0.0526. The van der Waals surface area contributed by atoms with E-state index in [0.29, 0.717) is 10.5 Å². The summed E-state index contributed by atoms with van der Waals surface area (Å²) in [4.78, 5) is 39.3. The smallest absolute Gasteiger partial charge is 0.337 e. The average Bonchev–Trinajstić information content (AvgIpc) is 3.01. The Balaban J connectivity index is 1.82. The molecular weight excluding hydrogens is 368 g/mol. The Bertz CT molecular complexity index is 980. The number of amidine groups is 1. The quantitative estimate of drug-likeness (QED) is 0.638. The summed E-state index contributed by atoms with van der Waals surface area (Å²) < 4.78 is 4.64. The number of carboxylic acid groups (broad SMARTS) is 1. The average molecular weight is 381 g/mol. The molecule has 0 radical (unpaired) electrons. The van der Waals surface area contributed by atoms with E-state index in [1.165, 1.54) is 19.2 Å². The summed E-state index contributed by atoms with van der Waals surface area (Å²) in [5, 5.41) is 14.0. The van der Waals surface area contributed by atoms with Crippen LogP contribution in [0.2, 0.25) is 0 Å².